The van der Waals surface area contributed by atoms with Gasteiger partial charge >= 0.3 is 6.47 Å². The van der Waals surface area contributed by atoms with E-state index in [1.807, 2.05) is 0 Å². The Morgan fingerprint density at radius 1 is 1.33 bits per heavy atom. The lowest BCUT2D eigenvalue weighted by atomic mass is 9.93. The van der Waals surface area contributed by atoms with Crippen molar-refractivity contribution in [1.29, 1.82) is 0 Å². The molecule has 12 heavy (non-hydrogen) atoms. The molecule has 2 heteroatoms. The normalized spacial score (nSPS) is 15.2. The third kappa shape index (κ3) is 6.20. The molecule has 0 aliphatic rings. The average Bonchev–Trinajstić information content (AvgIpc) is 2.05. The van der Waals surface area contributed by atoms with E-state index in [0.717, 1.165) is 12.3 Å². The van der Waals surface area contributed by atoms with Crippen LogP contribution in [0.1, 0.15) is 40.0 Å². The van der Waals surface area contributed by atoms with Crippen molar-refractivity contribution in [2.24, 2.45) is 11.8 Å². The van der Waals surface area contributed by atoms with Crippen LogP contribution in [0.15, 0.2) is 0 Å². The molecule has 0 aromatic heterocycles. The first kappa shape index (κ1) is 11.5. The van der Waals surface area contributed by atoms with Crippen molar-refractivity contribution in [3.63, 3.8) is 0 Å². The molecule has 1 radical (unpaired) electrons. The van der Waals surface area contributed by atoms with Gasteiger partial charge in [-0.2, -0.15) is 0 Å². The van der Waals surface area contributed by atoms with Crippen molar-refractivity contribution in [3.05, 3.63) is 0 Å². The van der Waals surface area contributed by atoms with E-state index in [1.165, 1.54) is 19.3 Å². The number of hydrogen-bond acceptors (Lipinski definition) is 2. The monoisotopic (exact) mass is 171 g/mol. The van der Waals surface area contributed by atoms with Crippen LogP contribution in [0.25, 0.3) is 0 Å². The molecule has 0 bridgehead atoms. The summed E-state index contributed by atoms with van der Waals surface area (Å²) in [6.45, 7) is 8.60. The predicted molar refractivity (Wildman–Crippen MR) is 49.5 cm³/mol. The Balaban J connectivity index is 3.32. The molecule has 0 N–H and O–H groups in total. The van der Waals surface area contributed by atoms with Crippen molar-refractivity contribution in [2.45, 2.75) is 40.0 Å². The van der Waals surface area contributed by atoms with Crippen LogP contribution in [0.3, 0.4) is 0 Å². The first-order valence-corrected chi connectivity index (χ1v) is 4.69. The van der Waals surface area contributed by atoms with E-state index in [0.29, 0.717) is 12.5 Å². The van der Waals surface area contributed by atoms with Crippen molar-refractivity contribution in [3.8, 4) is 0 Å². The first-order chi connectivity index (χ1) is 5.70. The second-order valence-corrected chi connectivity index (χ2v) is 3.57. The van der Waals surface area contributed by atoms with Crippen LogP contribution in [-0.4, -0.2) is 13.1 Å². The van der Waals surface area contributed by atoms with Crippen LogP contribution in [0.2, 0.25) is 0 Å². The maximum absolute atomic E-state index is 9.72. The summed E-state index contributed by atoms with van der Waals surface area (Å²) in [5.41, 5.74) is 0. The topological polar surface area (TPSA) is 26.3 Å². The van der Waals surface area contributed by atoms with Crippen LogP contribution < -0.4 is 0 Å². The standard InChI is InChI=1S/C10H19O2/c1-4-9(2)7-10(3)5-6-12-8-11/h9-10H,4-7H2,1-3H3. The van der Waals surface area contributed by atoms with Gasteiger partial charge in [-0.3, -0.25) is 0 Å². The second kappa shape index (κ2) is 7.14. The maximum atomic E-state index is 9.72. The maximum Gasteiger partial charge on any atom is 0.417 e. The van der Waals surface area contributed by atoms with Crippen molar-refractivity contribution in [1.82, 2.24) is 0 Å². The minimum Gasteiger partial charge on any atom is -0.457 e. The molecule has 0 saturated heterocycles. The van der Waals surface area contributed by atoms with Gasteiger partial charge in [0.2, 0.25) is 0 Å². The summed E-state index contributed by atoms with van der Waals surface area (Å²) in [7, 11) is 0. The molecule has 0 aliphatic heterocycles. The number of ether oxygens (including phenoxy) is 1. The van der Waals surface area contributed by atoms with Crippen molar-refractivity contribution in [2.75, 3.05) is 6.61 Å². The lowest BCUT2D eigenvalue weighted by Crippen LogP contribution is -2.05. The highest BCUT2D eigenvalue weighted by molar-refractivity contribution is 5.37. The van der Waals surface area contributed by atoms with Gasteiger partial charge in [-0.05, 0) is 24.7 Å². The predicted octanol–water partition coefficient (Wildman–Crippen LogP) is 2.53. The molecule has 0 fully saturated rings. The SMILES string of the molecule is CCC(C)CC(C)CCO[C]=O. The largest absolute Gasteiger partial charge is 0.457 e. The van der Waals surface area contributed by atoms with Crippen LogP contribution >= 0.6 is 0 Å². The molecule has 71 valence electrons. The smallest absolute Gasteiger partial charge is 0.417 e. The van der Waals surface area contributed by atoms with Gasteiger partial charge in [0.25, 0.3) is 0 Å². The number of carbonyl (C=O) groups excluding carboxylic acids is 1. The van der Waals surface area contributed by atoms with Gasteiger partial charge in [-0.25, -0.2) is 4.79 Å². The lowest BCUT2D eigenvalue weighted by molar-refractivity contribution is 0.241. The van der Waals surface area contributed by atoms with E-state index < -0.39 is 0 Å². The summed E-state index contributed by atoms with van der Waals surface area (Å²) in [6, 6.07) is 0. The van der Waals surface area contributed by atoms with Crippen molar-refractivity contribution < 1.29 is 9.53 Å². The molecular weight excluding hydrogens is 152 g/mol. The highest BCUT2D eigenvalue weighted by Crippen LogP contribution is 2.17. The zero-order chi connectivity index (χ0) is 9.40. The van der Waals surface area contributed by atoms with Gasteiger partial charge in [0, 0.05) is 0 Å². The van der Waals surface area contributed by atoms with Gasteiger partial charge in [-0.15, -0.1) is 0 Å². The van der Waals surface area contributed by atoms with E-state index in [-0.39, 0.29) is 0 Å². The van der Waals surface area contributed by atoms with Crippen LogP contribution in [0.5, 0.6) is 0 Å². The minimum atomic E-state index is 0.515. The molecule has 2 nitrogen and oxygen atoms in total. The molecule has 0 aromatic carbocycles. The van der Waals surface area contributed by atoms with Gasteiger partial charge in [0.05, 0.1) is 6.61 Å². The fourth-order valence-electron chi connectivity index (χ4n) is 1.27. The molecule has 0 rings (SSSR count). The molecular formula is C10H19O2. The zero-order valence-corrected chi connectivity index (χ0v) is 8.30. The van der Waals surface area contributed by atoms with E-state index in [4.69, 9.17) is 0 Å². The third-order valence-electron chi connectivity index (χ3n) is 2.27. The second-order valence-electron chi connectivity index (χ2n) is 3.57. The van der Waals surface area contributed by atoms with Crippen molar-refractivity contribution >= 4 is 6.47 Å². The van der Waals surface area contributed by atoms with Gasteiger partial charge in [0.1, 0.15) is 0 Å². The van der Waals surface area contributed by atoms with Gasteiger partial charge in [0.15, 0.2) is 0 Å². The van der Waals surface area contributed by atoms with Gasteiger partial charge < -0.3 is 4.74 Å². The molecule has 0 aromatic rings. The molecule has 2 unspecified atom stereocenters. The number of hydrogen-bond donors (Lipinski definition) is 0. The molecule has 0 saturated carbocycles. The Morgan fingerprint density at radius 2 is 2.00 bits per heavy atom. The fraction of sp³-hybridized carbons (Fsp3) is 0.900. The summed E-state index contributed by atoms with van der Waals surface area (Å²) in [4.78, 5) is 9.72. The fourth-order valence-corrected chi connectivity index (χ4v) is 1.27. The Bertz CT molecular complexity index is 112. The van der Waals surface area contributed by atoms with Crippen LogP contribution in [-0.2, 0) is 9.53 Å². The van der Waals surface area contributed by atoms with E-state index in [1.54, 1.807) is 0 Å². The summed E-state index contributed by atoms with van der Waals surface area (Å²) in [6.07, 6.45) is 3.41. The van der Waals surface area contributed by atoms with Gasteiger partial charge in [-0.1, -0.05) is 27.2 Å². The van der Waals surface area contributed by atoms with E-state index >= 15 is 0 Å². The number of rotatable bonds is 7. The average molecular weight is 171 g/mol. The summed E-state index contributed by atoms with van der Waals surface area (Å²) in [5.74, 6) is 1.42. The van der Waals surface area contributed by atoms with Crippen LogP contribution in [0, 0.1) is 11.8 Å². The third-order valence-corrected chi connectivity index (χ3v) is 2.27. The Morgan fingerprint density at radius 3 is 2.50 bits per heavy atom. The van der Waals surface area contributed by atoms with E-state index in [2.05, 4.69) is 25.5 Å². The molecule has 0 aliphatic carbocycles. The Hall–Kier alpha value is -0.530. The molecule has 0 heterocycles. The zero-order valence-electron chi connectivity index (χ0n) is 8.30. The summed E-state index contributed by atoms with van der Waals surface area (Å²) in [5, 5.41) is 0. The first-order valence-electron chi connectivity index (χ1n) is 4.69. The highest BCUT2D eigenvalue weighted by atomic mass is 16.5. The minimum absolute atomic E-state index is 0.515. The molecule has 0 amide bonds. The molecule has 2 atom stereocenters. The quantitative estimate of drug-likeness (QED) is 0.550. The lowest BCUT2D eigenvalue weighted by Gasteiger charge is -2.14. The Labute approximate surface area is 75.3 Å². The summed E-state index contributed by atoms with van der Waals surface area (Å²) >= 11 is 0. The Kier molecular flexibility index (Phi) is 6.82. The molecule has 0 spiro atoms. The van der Waals surface area contributed by atoms with Crippen LogP contribution in [0.4, 0.5) is 0 Å². The summed E-state index contributed by atoms with van der Waals surface area (Å²) < 4.78 is 4.51. The highest BCUT2D eigenvalue weighted by Gasteiger charge is 2.06. The van der Waals surface area contributed by atoms with E-state index in [9.17, 15) is 4.79 Å².